The number of rotatable bonds is 1. The van der Waals surface area contributed by atoms with Crippen molar-refractivity contribution in [2.45, 2.75) is 13.0 Å². The molecule has 1 aromatic carbocycles. The minimum Gasteiger partial charge on any atom is -0.343 e. The monoisotopic (exact) mass is 264 g/mol. The summed E-state index contributed by atoms with van der Waals surface area (Å²) in [6.45, 7) is 1.85. The summed E-state index contributed by atoms with van der Waals surface area (Å²) >= 11 is 3.62. The van der Waals surface area contributed by atoms with Crippen LogP contribution in [0, 0.1) is 5.92 Å². The Kier molecular flexibility index (Phi) is 2.11. The van der Waals surface area contributed by atoms with E-state index < -0.39 is 0 Å². The Hall–Kier alpha value is -0.800. The van der Waals surface area contributed by atoms with Gasteiger partial charge in [-0.15, -0.1) is 0 Å². The van der Waals surface area contributed by atoms with E-state index in [9.17, 15) is 0 Å². The molecule has 0 saturated carbocycles. The first kappa shape index (κ1) is 9.43. The molecule has 78 valence electrons. The molecule has 1 atom stereocenters. The maximum absolute atomic E-state index is 5.73. The third-order valence-electron chi connectivity index (χ3n) is 3.23. The van der Waals surface area contributed by atoms with E-state index in [1.165, 1.54) is 21.1 Å². The van der Waals surface area contributed by atoms with Gasteiger partial charge in [-0.25, -0.2) is 0 Å². The largest absolute Gasteiger partial charge is 0.343 e. The SMILES string of the molecule is NCC1Cc2cc3cccc(Br)c3n2C1. The second-order valence-electron chi connectivity index (χ2n) is 4.23. The zero-order valence-electron chi connectivity index (χ0n) is 8.41. The highest BCUT2D eigenvalue weighted by atomic mass is 79.9. The third-order valence-corrected chi connectivity index (χ3v) is 3.87. The van der Waals surface area contributed by atoms with Gasteiger partial charge in [0.05, 0.1) is 5.52 Å². The van der Waals surface area contributed by atoms with Gasteiger partial charge in [0.1, 0.15) is 0 Å². The average Bonchev–Trinajstić information content (AvgIpc) is 2.73. The quantitative estimate of drug-likeness (QED) is 0.844. The van der Waals surface area contributed by atoms with Crippen LogP contribution in [0.15, 0.2) is 28.7 Å². The molecule has 1 unspecified atom stereocenters. The fraction of sp³-hybridized carbons (Fsp3) is 0.333. The van der Waals surface area contributed by atoms with Crippen molar-refractivity contribution in [3.05, 3.63) is 34.4 Å². The smallest absolute Gasteiger partial charge is 0.0626 e. The molecule has 0 aliphatic carbocycles. The summed E-state index contributed by atoms with van der Waals surface area (Å²) in [5.41, 5.74) is 8.48. The third kappa shape index (κ3) is 1.34. The highest BCUT2D eigenvalue weighted by molar-refractivity contribution is 9.10. The molecule has 0 radical (unpaired) electrons. The minimum absolute atomic E-state index is 0.622. The van der Waals surface area contributed by atoms with Gasteiger partial charge < -0.3 is 10.3 Å². The Morgan fingerprint density at radius 3 is 3.13 bits per heavy atom. The number of para-hydroxylation sites is 1. The Labute approximate surface area is 97.2 Å². The van der Waals surface area contributed by atoms with E-state index in [0.717, 1.165) is 19.5 Å². The number of hydrogen-bond donors (Lipinski definition) is 1. The number of nitrogens with two attached hydrogens (primary N) is 1. The van der Waals surface area contributed by atoms with Crippen LogP contribution < -0.4 is 5.73 Å². The number of halogens is 1. The summed E-state index contributed by atoms with van der Waals surface area (Å²) in [5.74, 6) is 0.622. The topological polar surface area (TPSA) is 30.9 Å². The molecule has 2 heterocycles. The molecular weight excluding hydrogens is 252 g/mol. The van der Waals surface area contributed by atoms with Crippen molar-refractivity contribution in [3.8, 4) is 0 Å². The summed E-state index contributed by atoms with van der Waals surface area (Å²) in [6.07, 6.45) is 1.12. The van der Waals surface area contributed by atoms with Crippen molar-refractivity contribution in [1.29, 1.82) is 0 Å². The van der Waals surface area contributed by atoms with Crippen LogP contribution in [0.25, 0.3) is 10.9 Å². The molecule has 0 spiro atoms. The molecular formula is C12H13BrN2. The minimum atomic E-state index is 0.622. The van der Waals surface area contributed by atoms with Gasteiger partial charge in [0.2, 0.25) is 0 Å². The second kappa shape index (κ2) is 3.35. The molecule has 2 nitrogen and oxygen atoms in total. The summed E-state index contributed by atoms with van der Waals surface area (Å²) in [4.78, 5) is 0. The van der Waals surface area contributed by atoms with Crippen LogP contribution in [0.2, 0.25) is 0 Å². The van der Waals surface area contributed by atoms with Crippen molar-refractivity contribution in [2.75, 3.05) is 6.54 Å². The molecule has 3 rings (SSSR count). The number of aromatic nitrogens is 1. The fourth-order valence-electron chi connectivity index (χ4n) is 2.49. The first-order chi connectivity index (χ1) is 7.29. The molecule has 15 heavy (non-hydrogen) atoms. The average molecular weight is 265 g/mol. The van der Waals surface area contributed by atoms with Crippen molar-refractivity contribution in [1.82, 2.24) is 4.57 Å². The van der Waals surface area contributed by atoms with Crippen LogP contribution in [-0.2, 0) is 13.0 Å². The molecule has 0 amide bonds. The van der Waals surface area contributed by atoms with Crippen LogP contribution in [0.5, 0.6) is 0 Å². The zero-order valence-corrected chi connectivity index (χ0v) is 10.00. The van der Waals surface area contributed by atoms with E-state index >= 15 is 0 Å². The maximum atomic E-state index is 5.73. The molecule has 1 aromatic heterocycles. The van der Waals surface area contributed by atoms with E-state index in [-0.39, 0.29) is 0 Å². The fourth-order valence-corrected chi connectivity index (χ4v) is 3.08. The summed E-state index contributed by atoms with van der Waals surface area (Å²) in [6, 6.07) is 8.65. The van der Waals surface area contributed by atoms with E-state index in [4.69, 9.17) is 5.73 Å². The van der Waals surface area contributed by atoms with Crippen LogP contribution in [0.4, 0.5) is 0 Å². The van der Waals surface area contributed by atoms with Crippen molar-refractivity contribution < 1.29 is 0 Å². The summed E-state index contributed by atoms with van der Waals surface area (Å²) in [5, 5.41) is 1.33. The van der Waals surface area contributed by atoms with Crippen LogP contribution in [-0.4, -0.2) is 11.1 Å². The summed E-state index contributed by atoms with van der Waals surface area (Å²) in [7, 11) is 0. The Bertz CT molecular complexity index is 516. The van der Waals surface area contributed by atoms with Crippen molar-refractivity contribution in [3.63, 3.8) is 0 Å². The normalized spacial score (nSPS) is 19.7. The predicted molar refractivity (Wildman–Crippen MR) is 65.9 cm³/mol. The van der Waals surface area contributed by atoms with Gasteiger partial charge in [-0.2, -0.15) is 0 Å². The van der Waals surface area contributed by atoms with Crippen LogP contribution >= 0.6 is 15.9 Å². The van der Waals surface area contributed by atoms with Gasteiger partial charge in [0, 0.05) is 22.1 Å². The predicted octanol–water partition coefficient (Wildman–Crippen LogP) is 2.53. The first-order valence-corrected chi connectivity index (χ1v) is 6.05. The zero-order chi connectivity index (χ0) is 10.4. The van der Waals surface area contributed by atoms with Gasteiger partial charge >= 0.3 is 0 Å². The molecule has 1 aliphatic rings. The van der Waals surface area contributed by atoms with E-state index in [1.807, 2.05) is 0 Å². The van der Waals surface area contributed by atoms with Gasteiger partial charge in [-0.05, 0) is 46.9 Å². The lowest BCUT2D eigenvalue weighted by molar-refractivity contribution is 0.530. The van der Waals surface area contributed by atoms with Gasteiger partial charge in [-0.1, -0.05) is 12.1 Å². The van der Waals surface area contributed by atoms with E-state index in [1.54, 1.807) is 0 Å². The van der Waals surface area contributed by atoms with Gasteiger partial charge in [0.15, 0.2) is 0 Å². The lowest BCUT2D eigenvalue weighted by Gasteiger charge is -2.06. The molecule has 0 saturated heterocycles. The highest BCUT2D eigenvalue weighted by Gasteiger charge is 2.22. The lowest BCUT2D eigenvalue weighted by Crippen LogP contribution is -2.15. The van der Waals surface area contributed by atoms with Crippen molar-refractivity contribution >= 4 is 26.8 Å². The van der Waals surface area contributed by atoms with Gasteiger partial charge in [-0.3, -0.25) is 0 Å². The number of nitrogens with zero attached hydrogens (tertiary/aromatic N) is 1. The molecule has 1 aliphatic heterocycles. The Balaban J connectivity index is 2.21. The Morgan fingerprint density at radius 2 is 2.33 bits per heavy atom. The van der Waals surface area contributed by atoms with Crippen LogP contribution in [0.3, 0.4) is 0 Å². The lowest BCUT2D eigenvalue weighted by atomic mass is 10.1. The highest BCUT2D eigenvalue weighted by Crippen LogP contribution is 2.32. The summed E-state index contributed by atoms with van der Waals surface area (Å²) < 4.78 is 3.58. The Morgan fingerprint density at radius 1 is 1.47 bits per heavy atom. The van der Waals surface area contributed by atoms with Gasteiger partial charge in [0.25, 0.3) is 0 Å². The maximum Gasteiger partial charge on any atom is 0.0626 e. The molecule has 0 fully saturated rings. The van der Waals surface area contributed by atoms with E-state index in [0.29, 0.717) is 5.92 Å². The number of fused-ring (bicyclic) bond motifs is 3. The molecule has 0 bridgehead atoms. The second-order valence-corrected chi connectivity index (χ2v) is 5.08. The van der Waals surface area contributed by atoms with Crippen molar-refractivity contribution in [2.24, 2.45) is 11.7 Å². The first-order valence-electron chi connectivity index (χ1n) is 5.26. The van der Waals surface area contributed by atoms with E-state index in [2.05, 4.69) is 44.8 Å². The van der Waals surface area contributed by atoms with Crippen LogP contribution in [0.1, 0.15) is 5.69 Å². The molecule has 2 N–H and O–H groups in total. The standard InChI is InChI=1S/C12H13BrN2/c13-11-3-1-2-9-5-10-4-8(6-14)7-15(10)12(9)11/h1-3,5,8H,4,6-7,14H2. The number of benzene rings is 1. The number of hydrogen-bond acceptors (Lipinski definition) is 1. The molecule has 3 heteroatoms. The molecule has 2 aromatic rings.